The fourth-order valence-electron chi connectivity index (χ4n) is 3.47. The van der Waals surface area contributed by atoms with E-state index in [2.05, 4.69) is 37.1 Å². The van der Waals surface area contributed by atoms with Crippen LogP contribution in [0.5, 0.6) is 11.5 Å². The van der Waals surface area contributed by atoms with Crippen molar-refractivity contribution in [2.75, 3.05) is 13.2 Å². The SMILES string of the molecule is CCOC(=O)C1=C(C)NC(=S)N[C@H]1c1ccccc1OCC(=O)NN=Cc1cc(Br)ccc1OC(C)=O. The summed E-state index contributed by atoms with van der Waals surface area (Å²) in [7, 11) is 0. The lowest BCUT2D eigenvalue weighted by Crippen LogP contribution is -2.45. The van der Waals surface area contributed by atoms with Gasteiger partial charge in [-0.2, -0.15) is 5.10 Å². The molecule has 0 saturated heterocycles. The average molecular weight is 589 g/mol. The van der Waals surface area contributed by atoms with E-state index in [1.807, 2.05) is 0 Å². The Labute approximate surface area is 227 Å². The van der Waals surface area contributed by atoms with Crippen LogP contribution < -0.4 is 25.5 Å². The standard InChI is InChI=1S/C25H25BrN4O6S/c1-4-34-24(33)22-14(2)28-25(37)29-23(22)18-7-5-6-8-20(18)35-13-21(32)30-27-12-16-11-17(26)9-10-19(16)36-15(3)31/h5-12,23H,4,13H2,1-3H3,(H,30,32)(H2,28,29,37)/t23-/m0/s1. The van der Waals surface area contributed by atoms with Gasteiger partial charge in [0.15, 0.2) is 11.7 Å². The zero-order valence-corrected chi connectivity index (χ0v) is 22.7. The van der Waals surface area contributed by atoms with Crippen LogP contribution >= 0.6 is 28.1 Å². The number of nitrogens with zero attached hydrogens (tertiary/aromatic N) is 1. The Morgan fingerprint density at radius 1 is 1.19 bits per heavy atom. The van der Waals surface area contributed by atoms with Crippen molar-refractivity contribution in [1.29, 1.82) is 0 Å². The van der Waals surface area contributed by atoms with Crippen LogP contribution in [0, 0.1) is 0 Å². The van der Waals surface area contributed by atoms with Gasteiger partial charge in [-0.25, -0.2) is 10.2 Å². The highest BCUT2D eigenvalue weighted by Crippen LogP contribution is 2.33. The van der Waals surface area contributed by atoms with Gasteiger partial charge in [0.25, 0.3) is 5.91 Å². The van der Waals surface area contributed by atoms with Crippen LogP contribution in [0.4, 0.5) is 0 Å². The molecule has 1 aliphatic heterocycles. The molecule has 2 aromatic rings. The zero-order chi connectivity index (χ0) is 26.9. The highest BCUT2D eigenvalue weighted by atomic mass is 79.9. The van der Waals surface area contributed by atoms with Crippen molar-refractivity contribution in [3.8, 4) is 11.5 Å². The molecule has 1 amide bonds. The summed E-state index contributed by atoms with van der Waals surface area (Å²) in [6.07, 6.45) is 1.36. The lowest BCUT2D eigenvalue weighted by atomic mass is 9.95. The number of carbonyl (C=O) groups is 3. The van der Waals surface area contributed by atoms with E-state index in [0.29, 0.717) is 39.0 Å². The first-order valence-electron chi connectivity index (χ1n) is 11.2. The van der Waals surface area contributed by atoms with Crippen molar-refractivity contribution in [2.45, 2.75) is 26.8 Å². The largest absolute Gasteiger partial charge is 0.483 e. The van der Waals surface area contributed by atoms with Crippen LogP contribution in [0.1, 0.15) is 37.9 Å². The molecule has 2 aromatic carbocycles. The number of hydrazone groups is 1. The van der Waals surface area contributed by atoms with Gasteiger partial charge in [-0.05, 0) is 50.3 Å². The van der Waals surface area contributed by atoms with E-state index >= 15 is 0 Å². The van der Waals surface area contributed by atoms with Crippen LogP contribution in [0.2, 0.25) is 0 Å². The first-order chi connectivity index (χ1) is 17.7. The Morgan fingerprint density at radius 2 is 1.95 bits per heavy atom. The molecule has 3 rings (SSSR count). The Morgan fingerprint density at radius 3 is 2.68 bits per heavy atom. The number of thiocarbonyl (C=S) groups is 1. The summed E-state index contributed by atoms with van der Waals surface area (Å²) < 4.78 is 16.9. The minimum absolute atomic E-state index is 0.216. The number of hydrogen-bond acceptors (Lipinski definition) is 8. The molecular weight excluding hydrogens is 564 g/mol. The minimum atomic E-state index is -0.638. The quantitative estimate of drug-likeness (QED) is 0.133. The van der Waals surface area contributed by atoms with Crippen LogP contribution in [-0.2, 0) is 19.1 Å². The molecule has 0 fully saturated rings. The molecule has 0 aromatic heterocycles. The van der Waals surface area contributed by atoms with E-state index in [1.165, 1.54) is 13.1 Å². The first-order valence-corrected chi connectivity index (χ1v) is 12.4. The van der Waals surface area contributed by atoms with E-state index in [9.17, 15) is 14.4 Å². The predicted octanol–water partition coefficient (Wildman–Crippen LogP) is 3.26. The third-order valence-corrected chi connectivity index (χ3v) is 5.68. The van der Waals surface area contributed by atoms with Crippen LogP contribution in [0.25, 0.3) is 0 Å². The van der Waals surface area contributed by atoms with E-state index in [4.69, 9.17) is 26.4 Å². The highest BCUT2D eigenvalue weighted by Gasteiger charge is 2.32. The Hall–Kier alpha value is -3.77. The number of amides is 1. The number of allylic oxidation sites excluding steroid dienone is 1. The summed E-state index contributed by atoms with van der Waals surface area (Å²) in [5.74, 6) is -0.820. The van der Waals surface area contributed by atoms with Crippen molar-refractivity contribution in [2.24, 2.45) is 5.10 Å². The van der Waals surface area contributed by atoms with Gasteiger partial charge in [0.2, 0.25) is 0 Å². The summed E-state index contributed by atoms with van der Waals surface area (Å²) in [5, 5.41) is 10.3. The molecule has 1 atom stereocenters. The second kappa shape index (κ2) is 13.0. The van der Waals surface area contributed by atoms with Gasteiger partial charge in [-0.3, -0.25) is 9.59 Å². The van der Waals surface area contributed by atoms with Crippen molar-refractivity contribution in [1.82, 2.24) is 16.1 Å². The summed E-state index contributed by atoms with van der Waals surface area (Å²) in [4.78, 5) is 36.4. The first kappa shape index (κ1) is 27.8. The predicted molar refractivity (Wildman–Crippen MR) is 144 cm³/mol. The van der Waals surface area contributed by atoms with Gasteiger partial charge in [-0.15, -0.1) is 0 Å². The highest BCUT2D eigenvalue weighted by molar-refractivity contribution is 9.10. The van der Waals surface area contributed by atoms with Crippen molar-refractivity contribution < 1.29 is 28.6 Å². The second-order valence-corrected chi connectivity index (χ2v) is 9.01. The molecule has 1 aliphatic rings. The monoisotopic (exact) mass is 588 g/mol. The summed E-state index contributed by atoms with van der Waals surface area (Å²) in [6, 6.07) is 11.4. The van der Waals surface area contributed by atoms with Gasteiger partial charge in [0, 0.05) is 28.2 Å². The van der Waals surface area contributed by atoms with Crippen LogP contribution in [0.15, 0.2) is 63.3 Å². The van der Waals surface area contributed by atoms with Gasteiger partial charge in [0.05, 0.1) is 24.4 Å². The Balaban J connectivity index is 1.72. The number of rotatable bonds is 9. The topological polar surface area (TPSA) is 127 Å². The lowest BCUT2D eigenvalue weighted by Gasteiger charge is -2.30. The lowest BCUT2D eigenvalue weighted by molar-refractivity contribution is -0.139. The van der Waals surface area contributed by atoms with Crippen molar-refractivity contribution in [3.63, 3.8) is 0 Å². The van der Waals surface area contributed by atoms with E-state index in [-0.39, 0.29) is 13.2 Å². The second-order valence-electron chi connectivity index (χ2n) is 7.69. The van der Waals surface area contributed by atoms with Crippen LogP contribution in [-0.4, -0.2) is 42.4 Å². The number of nitrogens with one attached hydrogen (secondary N) is 3. The number of benzene rings is 2. The minimum Gasteiger partial charge on any atom is -0.483 e. The smallest absolute Gasteiger partial charge is 0.338 e. The number of ether oxygens (including phenoxy) is 3. The fourth-order valence-corrected chi connectivity index (χ4v) is 4.12. The molecule has 0 aliphatic carbocycles. The number of para-hydroxylation sites is 1. The Bertz CT molecular complexity index is 1280. The van der Waals surface area contributed by atoms with Gasteiger partial charge in [-0.1, -0.05) is 34.1 Å². The number of carbonyl (C=O) groups excluding carboxylic acids is 3. The number of hydrogen-bond donors (Lipinski definition) is 3. The molecule has 0 radical (unpaired) electrons. The molecule has 3 N–H and O–H groups in total. The average Bonchev–Trinajstić information content (AvgIpc) is 2.84. The zero-order valence-electron chi connectivity index (χ0n) is 20.3. The van der Waals surface area contributed by atoms with E-state index in [0.717, 1.165) is 4.47 Å². The van der Waals surface area contributed by atoms with Crippen LogP contribution in [0.3, 0.4) is 0 Å². The van der Waals surface area contributed by atoms with Crippen molar-refractivity contribution >= 4 is 57.3 Å². The maximum atomic E-state index is 12.7. The molecular formula is C25H25BrN4O6S. The maximum absolute atomic E-state index is 12.7. The molecule has 0 spiro atoms. The van der Waals surface area contributed by atoms with Gasteiger partial charge < -0.3 is 24.8 Å². The number of halogens is 1. The van der Waals surface area contributed by atoms with E-state index in [1.54, 1.807) is 56.3 Å². The molecule has 12 heteroatoms. The molecule has 194 valence electrons. The third-order valence-electron chi connectivity index (χ3n) is 4.97. The normalized spacial score (nSPS) is 15.0. The third kappa shape index (κ3) is 7.61. The molecule has 0 unspecified atom stereocenters. The molecule has 0 bridgehead atoms. The number of esters is 2. The molecule has 0 saturated carbocycles. The Kier molecular flexibility index (Phi) is 9.75. The molecule has 37 heavy (non-hydrogen) atoms. The molecule has 1 heterocycles. The van der Waals surface area contributed by atoms with Crippen molar-refractivity contribution in [3.05, 3.63) is 69.3 Å². The van der Waals surface area contributed by atoms with Gasteiger partial charge >= 0.3 is 11.9 Å². The summed E-state index contributed by atoms with van der Waals surface area (Å²) in [6.45, 7) is 4.62. The summed E-state index contributed by atoms with van der Waals surface area (Å²) >= 11 is 8.63. The fraction of sp³-hybridized carbons (Fsp3) is 0.240. The van der Waals surface area contributed by atoms with E-state index < -0.39 is 23.9 Å². The summed E-state index contributed by atoms with van der Waals surface area (Å²) in [5.41, 5.74) is 4.39. The maximum Gasteiger partial charge on any atom is 0.338 e. The molecule has 10 nitrogen and oxygen atoms in total. The van der Waals surface area contributed by atoms with Gasteiger partial charge in [0.1, 0.15) is 11.5 Å².